The van der Waals surface area contributed by atoms with E-state index in [0.717, 1.165) is 6.42 Å². The van der Waals surface area contributed by atoms with Gasteiger partial charge in [-0.05, 0) is 18.9 Å². The lowest BCUT2D eigenvalue weighted by atomic mass is 10.1. The van der Waals surface area contributed by atoms with Gasteiger partial charge in [-0.1, -0.05) is 30.3 Å². The molecule has 17 heavy (non-hydrogen) atoms. The number of carbonyl (C=O) groups is 1. The molecule has 1 rings (SSSR count). The van der Waals surface area contributed by atoms with Gasteiger partial charge in [-0.25, -0.2) is 0 Å². The first-order valence-corrected chi connectivity index (χ1v) is 5.93. The van der Waals surface area contributed by atoms with Gasteiger partial charge in [0.05, 0.1) is 6.04 Å². The third kappa shape index (κ3) is 4.54. The Bertz CT molecular complexity index is 338. The Morgan fingerprint density at radius 1 is 1.29 bits per heavy atom. The molecule has 0 radical (unpaired) electrons. The molecule has 0 unspecified atom stereocenters. The number of hydrogen-bond donors (Lipinski definition) is 2. The van der Waals surface area contributed by atoms with Gasteiger partial charge in [0, 0.05) is 19.6 Å². The Hall–Kier alpha value is -1.39. The molecule has 0 aliphatic heterocycles. The highest BCUT2D eigenvalue weighted by atomic mass is 16.2. The standard InChI is InChI=1S/C13H21N3O/c1-11(15)13(17)16(10-8-14)9-7-12-5-3-2-4-6-12/h2-6,11H,7-10,14-15H2,1H3/t11-/m1/s1. The normalized spacial score (nSPS) is 12.2. The Morgan fingerprint density at radius 2 is 1.94 bits per heavy atom. The van der Waals surface area contributed by atoms with Gasteiger partial charge in [0.25, 0.3) is 0 Å². The summed E-state index contributed by atoms with van der Waals surface area (Å²) in [5, 5.41) is 0. The third-order valence-electron chi connectivity index (χ3n) is 2.61. The van der Waals surface area contributed by atoms with Gasteiger partial charge in [-0.3, -0.25) is 4.79 Å². The molecule has 0 heterocycles. The fourth-order valence-corrected chi connectivity index (χ4v) is 1.68. The molecule has 0 spiro atoms. The van der Waals surface area contributed by atoms with Gasteiger partial charge in [0.1, 0.15) is 0 Å². The lowest BCUT2D eigenvalue weighted by Gasteiger charge is -2.23. The zero-order valence-corrected chi connectivity index (χ0v) is 10.3. The molecule has 4 N–H and O–H groups in total. The van der Waals surface area contributed by atoms with Crippen molar-refractivity contribution in [3.63, 3.8) is 0 Å². The van der Waals surface area contributed by atoms with Crippen LogP contribution in [0, 0.1) is 0 Å². The van der Waals surface area contributed by atoms with E-state index in [9.17, 15) is 4.79 Å². The van der Waals surface area contributed by atoms with E-state index in [4.69, 9.17) is 11.5 Å². The van der Waals surface area contributed by atoms with Gasteiger partial charge in [-0.2, -0.15) is 0 Å². The molecular formula is C13H21N3O. The minimum absolute atomic E-state index is 0.0358. The minimum Gasteiger partial charge on any atom is -0.340 e. The smallest absolute Gasteiger partial charge is 0.239 e. The van der Waals surface area contributed by atoms with E-state index in [0.29, 0.717) is 19.6 Å². The lowest BCUT2D eigenvalue weighted by molar-refractivity contribution is -0.132. The van der Waals surface area contributed by atoms with E-state index < -0.39 is 6.04 Å². The predicted octanol–water partition coefficient (Wildman–Crippen LogP) is 0.364. The average molecular weight is 235 g/mol. The van der Waals surface area contributed by atoms with E-state index in [1.54, 1.807) is 11.8 Å². The molecule has 0 saturated heterocycles. The highest BCUT2D eigenvalue weighted by Gasteiger charge is 2.16. The van der Waals surface area contributed by atoms with Crippen LogP contribution < -0.4 is 11.5 Å². The van der Waals surface area contributed by atoms with Crippen molar-refractivity contribution in [3.05, 3.63) is 35.9 Å². The molecule has 0 saturated carbocycles. The van der Waals surface area contributed by atoms with Gasteiger partial charge in [-0.15, -0.1) is 0 Å². The van der Waals surface area contributed by atoms with Gasteiger partial charge in [0.2, 0.25) is 5.91 Å². The summed E-state index contributed by atoms with van der Waals surface area (Å²) in [4.78, 5) is 13.5. The topological polar surface area (TPSA) is 72.4 Å². The van der Waals surface area contributed by atoms with Crippen LogP contribution in [0.15, 0.2) is 30.3 Å². The van der Waals surface area contributed by atoms with Gasteiger partial charge in [0.15, 0.2) is 0 Å². The number of nitrogens with zero attached hydrogens (tertiary/aromatic N) is 1. The van der Waals surface area contributed by atoms with Gasteiger partial charge < -0.3 is 16.4 Å². The molecule has 4 heteroatoms. The molecule has 0 fully saturated rings. The predicted molar refractivity (Wildman–Crippen MR) is 69.4 cm³/mol. The molecular weight excluding hydrogens is 214 g/mol. The molecule has 1 aromatic carbocycles. The molecule has 1 aromatic rings. The second kappa shape index (κ2) is 7.04. The summed E-state index contributed by atoms with van der Waals surface area (Å²) in [6.45, 7) is 3.40. The summed E-state index contributed by atoms with van der Waals surface area (Å²) >= 11 is 0. The summed E-state index contributed by atoms with van der Waals surface area (Å²) in [5.74, 6) is -0.0358. The van der Waals surface area contributed by atoms with Crippen LogP contribution in [-0.4, -0.2) is 36.5 Å². The van der Waals surface area contributed by atoms with E-state index in [1.807, 2.05) is 18.2 Å². The SMILES string of the molecule is C[C@@H](N)C(=O)N(CCN)CCc1ccccc1. The molecule has 1 atom stereocenters. The summed E-state index contributed by atoms with van der Waals surface area (Å²) in [5.41, 5.74) is 12.3. The number of carbonyl (C=O) groups excluding carboxylic acids is 1. The van der Waals surface area contributed by atoms with Crippen LogP contribution in [-0.2, 0) is 11.2 Å². The maximum absolute atomic E-state index is 11.8. The number of rotatable bonds is 6. The van der Waals surface area contributed by atoms with Crippen LogP contribution in [0.5, 0.6) is 0 Å². The summed E-state index contributed by atoms with van der Waals surface area (Å²) in [6, 6.07) is 9.62. The second-order valence-electron chi connectivity index (χ2n) is 4.14. The Balaban J connectivity index is 2.53. The number of hydrogen-bond acceptors (Lipinski definition) is 3. The highest BCUT2D eigenvalue weighted by molar-refractivity contribution is 5.81. The van der Waals surface area contributed by atoms with Crippen LogP contribution in [0.1, 0.15) is 12.5 Å². The Kier molecular flexibility index (Phi) is 5.66. The maximum Gasteiger partial charge on any atom is 0.239 e. The van der Waals surface area contributed by atoms with Crippen molar-refractivity contribution in [1.82, 2.24) is 4.90 Å². The summed E-state index contributed by atoms with van der Waals surface area (Å²) < 4.78 is 0. The molecule has 94 valence electrons. The van der Waals surface area contributed by atoms with Crippen LogP contribution >= 0.6 is 0 Å². The molecule has 1 amide bonds. The zero-order chi connectivity index (χ0) is 12.7. The molecule has 4 nitrogen and oxygen atoms in total. The first-order chi connectivity index (χ1) is 8.15. The highest BCUT2D eigenvalue weighted by Crippen LogP contribution is 2.02. The zero-order valence-electron chi connectivity index (χ0n) is 10.3. The lowest BCUT2D eigenvalue weighted by Crippen LogP contribution is -2.45. The van der Waals surface area contributed by atoms with Crippen molar-refractivity contribution in [3.8, 4) is 0 Å². The van der Waals surface area contributed by atoms with Crippen molar-refractivity contribution in [1.29, 1.82) is 0 Å². The van der Waals surface area contributed by atoms with E-state index in [-0.39, 0.29) is 5.91 Å². The fourth-order valence-electron chi connectivity index (χ4n) is 1.68. The van der Waals surface area contributed by atoms with E-state index >= 15 is 0 Å². The average Bonchev–Trinajstić information content (AvgIpc) is 2.34. The van der Waals surface area contributed by atoms with Crippen LogP contribution in [0.2, 0.25) is 0 Å². The van der Waals surface area contributed by atoms with Crippen molar-refractivity contribution in [2.45, 2.75) is 19.4 Å². The summed E-state index contributed by atoms with van der Waals surface area (Å²) in [7, 11) is 0. The number of benzene rings is 1. The van der Waals surface area contributed by atoms with E-state index in [1.165, 1.54) is 5.56 Å². The largest absolute Gasteiger partial charge is 0.340 e. The van der Waals surface area contributed by atoms with Gasteiger partial charge >= 0.3 is 0 Å². The fraction of sp³-hybridized carbons (Fsp3) is 0.462. The summed E-state index contributed by atoms with van der Waals surface area (Å²) in [6.07, 6.45) is 0.833. The third-order valence-corrected chi connectivity index (χ3v) is 2.61. The quantitative estimate of drug-likeness (QED) is 0.748. The molecule has 0 aliphatic rings. The van der Waals surface area contributed by atoms with Crippen molar-refractivity contribution >= 4 is 5.91 Å². The Labute approximate surface area is 103 Å². The minimum atomic E-state index is -0.461. The second-order valence-corrected chi connectivity index (χ2v) is 4.14. The molecule has 0 bridgehead atoms. The molecule has 0 aliphatic carbocycles. The van der Waals surface area contributed by atoms with E-state index in [2.05, 4.69) is 12.1 Å². The van der Waals surface area contributed by atoms with Crippen LogP contribution in [0.3, 0.4) is 0 Å². The van der Waals surface area contributed by atoms with Crippen LogP contribution in [0.4, 0.5) is 0 Å². The van der Waals surface area contributed by atoms with Crippen molar-refractivity contribution < 1.29 is 4.79 Å². The number of nitrogens with two attached hydrogens (primary N) is 2. The first kappa shape index (κ1) is 13.7. The molecule has 0 aromatic heterocycles. The van der Waals surface area contributed by atoms with Crippen LogP contribution in [0.25, 0.3) is 0 Å². The first-order valence-electron chi connectivity index (χ1n) is 5.93. The maximum atomic E-state index is 11.8. The van der Waals surface area contributed by atoms with Crippen molar-refractivity contribution in [2.75, 3.05) is 19.6 Å². The monoisotopic (exact) mass is 235 g/mol. The number of amides is 1. The Morgan fingerprint density at radius 3 is 2.47 bits per heavy atom. The van der Waals surface area contributed by atoms with Crippen molar-refractivity contribution in [2.24, 2.45) is 11.5 Å².